The third-order valence-corrected chi connectivity index (χ3v) is 8.08. The van der Waals surface area contributed by atoms with Crippen molar-refractivity contribution in [3.8, 4) is 51.4 Å². The molecule has 0 radical (unpaired) electrons. The number of Topliss-reactive ketones (excluding diaryl/α,β-unsaturated/α-hetero) is 1. The summed E-state index contributed by atoms with van der Waals surface area (Å²) in [6.07, 6.45) is -0.0468. The van der Waals surface area contributed by atoms with Crippen LogP contribution in [0.4, 0.5) is 0 Å². The van der Waals surface area contributed by atoms with Crippen molar-refractivity contribution in [2.75, 3.05) is 27.9 Å². The second-order valence-corrected chi connectivity index (χ2v) is 11.1. The summed E-state index contributed by atoms with van der Waals surface area (Å²) in [6.45, 7) is 1.61. The summed E-state index contributed by atoms with van der Waals surface area (Å²) in [6, 6.07) is 12.7. The summed E-state index contributed by atoms with van der Waals surface area (Å²) in [4.78, 5) is 26.6. The van der Waals surface area contributed by atoms with Crippen LogP contribution in [-0.4, -0.2) is 65.8 Å². The number of rotatable bonds is 7. The zero-order valence-electron chi connectivity index (χ0n) is 25.0. The van der Waals surface area contributed by atoms with Crippen molar-refractivity contribution < 1.29 is 49.0 Å². The van der Waals surface area contributed by atoms with Crippen LogP contribution in [0.25, 0.3) is 27.5 Å². The molecule has 0 aromatic heterocycles. The van der Waals surface area contributed by atoms with Crippen LogP contribution in [0.3, 0.4) is 0 Å². The SMILES string of the molecule is COc1cc(OC)c2c(O)c3c(c(-c4cc(C5=C(Cc6ccc(O)c(OC)c6)CNC5=O)ccc4O)c2c1)O[C@@](C)(O)CC3=O. The number of ketones is 1. The summed E-state index contributed by atoms with van der Waals surface area (Å²) >= 11 is 0. The second-order valence-electron chi connectivity index (χ2n) is 11.1. The van der Waals surface area contributed by atoms with Gasteiger partial charge in [-0.3, -0.25) is 9.59 Å². The molecule has 0 fully saturated rings. The molecular formula is C34H31NO10. The van der Waals surface area contributed by atoms with Gasteiger partial charge in [-0.15, -0.1) is 0 Å². The molecule has 0 saturated heterocycles. The van der Waals surface area contributed by atoms with Gasteiger partial charge in [0.2, 0.25) is 5.79 Å². The molecule has 0 bridgehead atoms. The molecule has 232 valence electrons. The normalized spacial score (nSPS) is 17.6. The maximum absolute atomic E-state index is 13.3. The predicted octanol–water partition coefficient (Wildman–Crippen LogP) is 4.45. The van der Waals surface area contributed by atoms with Crippen molar-refractivity contribution in [1.82, 2.24) is 5.32 Å². The third kappa shape index (κ3) is 5.00. The maximum Gasteiger partial charge on any atom is 0.252 e. The van der Waals surface area contributed by atoms with Gasteiger partial charge in [-0.2, -0.15) is 0 Å². The van der Waals surface area contributed by atoms with E-state index in [1.807, 2.05) is 0 Å². The Labute approximate surface area is 257 Å². The van der Waals surface area contributed by atoms with Crippen molar-refractivity contribution in [3.63, 3.8) is 0 Å². The number of fused-ring (bicyclic) bond motifs is 2. The lowest BCUT2D eigenvalue weighted by Crippen LogP contribution is -2.39. The topological polar surface area (TPSA) is 164 Å². The number of ether oxygens (including phenoxy) is 4. The van der Waals surface area contributed by atoms with Crippen molar-refractivity contribution >= 4 is 28.0 Å². The smallest absolute Gasteiger partial charge is 0.252 e. The Morgan fingerprint density at radius 1 is 0.889 bits per heavy atom. The van der Waals surface area contributed by atoms with Gasteiger partial charge in [0.25, 0.3) is 5.91 Å². The van der Waals surface area contributed by atoms with E-state index in [0.29, 0.717) is 34.4 Å². The Balaban J connectivity index is 1.62. The predicted molar refractivity (Wildman–Crippen MR) is 164 cm³/mol. The summed E-state index contributed by atoms with van der Waals surface area (Å²) in [5.41, 5.74) is 2.62. The van der Waals surface area contributed by atoms with Crippen LogP contribution in [0.1, 0.15) is 34.8 Å². The summed E-state index contributed by atoms with van der Waals surface area (Å²) in [5.74, 6) is -2.67. The third-order valence-electron chi connectivity index (χ3n) is 8.08. The van der Waals surface area contributed by atoms with Gasteiger partial charge >= 0.3 is 0 Å². The van der Waals surface area contributed by atoms with Crippen molar-refractivity contribution in [2.24, 2.45) is 0 Å². The van der Waals surface area contributed by atoms with E-state index in [1.54, 1.807) is 36.4 Å². The highest BCUT2D eigenvalue weighted by Gasteiger charge is 2.40. The Bertz CT molecular complexity index is 1940. The van der Waals surface area contributed by atoms with Gasteiger partial charge in [-0.05, 0) is 53.5 Å². The standard InChI is InChI=1S/C34H31NO10/c1-34(41)14-24(38)30-31(39)29-21(12-19(42-2)13-26(29)44-4)28(32(30)45-34)20-11-17(6-8-22(20)36)27-18(15-35-33(27)40)9-16-5-7-23(37)25(10-16)43-3/h5-8,10-13,36-37,39,41H,9,14-15H2,1-4H3,(H,35,40)/t34-/m1/s1. The molecule has 11 heteroatoms. The Morgan fingerprint density at radius 3 is 2.33 bits per heavy atom. The number of carbonyl (C=O) groups excluding carboxylic acids is 2. The molecule has 1 amide bonds. The molecule has 2 aliphatic rings. The molecule has 4 aromatic rings. The number of phenolic OH excluding ortho intramolecular Hbond substituents is 3. The van der Waals surface area contributed by atoms with Gasteiger partial charge in [0, 0.05) is 41.6 Å². The Morgan fingerprint density at radius 2 is 1.62 bits per heavy atom. The van der Waals surface area contributed by atoms with Gasteiger partial charge in [0.1, 0.15) is 34.3 Å². The van der Waals surface area contributed by atoms with Crippen molar-refractivity contribution in [3.05, 3.63) is 70.8 Å². The first-order chi connectivity index (χ1) is 21.5. The zero-order valence-corrected chi connectivity index (χ0v) is 25.0. The highest BCUT2D eigenvalue weighted by molar-refractivity contribution is 6.23. The number of hydrogen-bond donors (Lipinski definition) is 5. The van der Waals surface area contributed by atoms with Crippen molar-refractivity contribution in [2.45, 2.75) is 25.6 Å². The van der Waals surface area contributed by atoms with Crippen LogP contribution in [0, 0.1) is 0 Å². The van der Waals surface area contributed by atoms with Crippen LogP contribution in [0.5, 0.6) is 40.2 Å². The number of amides is 1. The number of aliphatic hydroxyl groups is 1. The number of benzene rings is 4. The minimum Gasteiger partial charge on any atom is -0.507 e. The second kappa shape index (κ2) is 10.9. The average Bonchev–Trinajstić information content (AvgIpc) is 3.36. The number of aromatic hydroxyl groups is 3. The van der Waals surface area contributed by atoms with Crippen molar-refractivity contribution in [1.29, 1.82) is 0 Å². The zero-order chi connectivity index (χ0) is 32.2. The van der Waals surface area contributed by atoms with Gasteiger partial charge in [0.05, 0.1) is 33.1 Å². The summed E-state index contributed by atoms with van der Waals surface area (Å²) < 4.78 is 22.2. The molecule has 0 spiro atoms. The first-order valence-electron chi connectivity index (χ1n) is 14.1. The van der Waals surface area contributed by atoms with Crippen LogP contribution in [-0.2, 0) is 11.2 Å². The van der Waals surface area contributed by atoms with Gasteiger partial charge in [-0.1, -0.05) is 12.1 Å². The van der Waals surface area contributed by atoms with Crippen LogP contribution < -0.4 is 24.3 Å². The first kappa shape index (κ1) is 29.6. The minimum atomic E-state index is -1.90. The van der Waals surface area contributed by atoms with E-state index >= 15 is 0 Å². The highest BCUT2D eigenvalue weighted by Crippen LogP contribution is 2.54. The van der Waals surface area contributed by atoms with Crippen LogP contribution >= 0.6 is 0 Å². The van der Waals surface area contributed by atoms with E-state index in [9.17, 15) is 30.0 Å². The fraction of sp³-hybridized carbons (Fsp3) is 0.235. The minimum absolute atomic E-state index is 0.00310. The molecule has 6 rings (SSSR count). The fourth-order valence-corrected chi connectivity index (χ4v) is 6.04. The van der Waals surface area contributed by atoms with Gasteiger partial charge in [0.15, 0.2) is 17.3 Å². The first-order valence-corrected chi connectivity index (χ1v) is 14.1. The fourth-order valence-electron chi connectivity index (χ4n) is 6.04. The largest absolute Gasteiger partial charge is 0.507 e. The number of carbonyl (C=O) groups is 2. The van der Waals surface area contributed by atoms with Crippen LogP contribution in [0.2, 0.25) is 0 Å². The monoisotopic (exact) mass is 613 g/mol. The average molecular weight is 614 g/mol. The van der Waals surface area contributed by atoms with E-state index in [1.165, 1.54) is 40.4 Å². The van der Waals surface area contributed by atoms with E-state index in [0.717, 1.165) is 11.1 Å². The van der Waals surface area contributed by atoms with Crippen LogP contribution in [0.15, 0.2) is 54.1 Å². The molecule has 2 heterocycles. The van der Waals surface area contributed by atoms with E-state index in [2.05, 4.69) is 5.32 Å². The Kier molecular flexibility index (Phi) is 7.20. The molecule has 4 aromatic carbocycles. The number of methoxy groups -OCH3 is 3. The number of nitrogens with one attached hydrogen (secondary N) is 1. The molecule has 2 aliphatic heterocycles. The lowest BCUT2D eigenvalue weighted by molar-refractivity contribution is -0.123. The maximum atomic E-state index is 13.3. The van der Waals surface area contributed by atoms with E-state index < -0.39 is 23.7 Å². The molecule has 1 atom stereocenters. The molecule has 45 heavy (non-hydrogen) atoms. The molecular weight excluding hydrogens is 582 g/mol. The van der Waals surface area contributed by atoms with Gasteiger partial charge < -0.3 is 44.7 Å². The molecule has 0 aliphatic carbocycles. The molecule has 0 saturated carbocycles. The van der Waals surface area contributed by atoms with E-state index in [-0.39, 0.29) is 57.5 Å². The summed E-state index contributed by atoms with van der Waals surface area (Å²) in [7, 11) is 4.32. The highest BCUT2D eigenvalue weighted by atomic mass is 16.6. The van der Waals surface area contributed by atoms with E-state index in [4.69, 9.17) is 18.9 Å². The molecule has 0 unspecified atom stereocenters. The lowest BCUT2D eigenvalue weighted by Gasteiger charge is -2.33. The quantitative estimate of drug-likeness (QED) is 0.201. The Hall–Kier alpha value is -5.42. The summed E-state index contributed by atoms with van der Waals surface area (Å²) in [5, 5.41) is 46.9. The molecule has 5 N–H and O–H groups in total. The number of phenols is 3. The van der Waals surface area contributed by atoms with Gasteiger partial charge in [-0.25, -0.2) is 0 Å². The number of hydrogen-bond acceptors (Lipinski definition) is 10. The molecule has 11 nitrogen and oxygen atoms in total. The lowest BCUT2D eigenvalue weighted by atomic mass is 9.86.